The van der Waals surface area contributed by atoms with Crippen LogP contribution >= 0.6 is 15.9 Å². The number of esters is 1. The van der Waals surface area contributed by atoms with Crippen LogP contribution in [-0.2, 0) is 17.8 Å². The van der Waals surface area contributed by atoms with Gasteiger partial charge in [-0.2, -0.15) is 0 Å². The van der Waals surface area contributed by atoms with E-state index >= 15 is 0 Å². The molecule has 6 nitrogen and oxygen atoms in total. The van der Waals surface area contributed by atoms with Crippen molar-refractivity contribution < 1.29 is 18.6 Å². The maximum atomic E-state index is 11.5. The van der Waals surface area contributed by atoms with E-state index in [1.165, 1.54) is 0 Å². The van der Waals surface area contributed by atoms with Gasteiger partial charge in [-0.25, -0.2) is 4.79 Å². The molecule has 0 aliphatic heterocycles. The lowest BCUT2D eigenvalue weighted by Crippen LogP contribution is -2.04. The molecule has 0 atom stereocenters. The average Bonchev–Trinajstić information content (AvgIpc) is 3.20. The van der Waals surface area contributed by atoms with Gasteiger partial charge in [0.05, 0.1) is 21.4 Å². The Morgan fingerprint density at radius 2 is 1.88 bits per heavy atom. The van der Waals surface area contributed by atoms with Crippen LogP contribution in [0.2, 0.25) is 0 Å². The van der Waals surface area contributed by atoms with Crippen molar-refractivity contribution in [2.75, 3.05) is 0 Å². The van der Waals surface area contributed by atoms with Crippen molar-refractivity contribution in [3.8, 4) is 0 Å². The van der Waals surface area contributed by atoms with E-state index in [4.69, 9.17) is 13.8 Å². The number of nitrogens with zero attached hydrogens (tertiary/aromatic N) is 2. The second-order valence-electron chi connectivity index (χ2n) is 5.24. The van der Waals surface area contributed by atoms with Gasteiger partial charge in [-0.15, -0.1) is 0 Å². The molecule has 3 aromatic rings. The van der Waals surface area contributed by atoms with Crippen LogP contribution in [0.5, 0.6) is 0 Å². The fraction of sp³-hybridized carbons (Fsp3) is 0.278. The van der Waals surface area contributed by atoms with Crippen LogP contribution in [0.15, 0.2) is 49.9 Å². The van der Waals surface area contributed by atoms with Crippen molar-refractivity contribution in [2.24, 2.45) is 0 Å². The van der Waals surface area contributed by atoms with E-state index in [0.717, 1.165) is 28.0 Å². The fourth-order valence-corrected chi connectivity index (χ4v) is 2.33. The quantitative estimate of drug-likeness (QED) is 0.586. The van der Waals surface area contributed by atoms with Gasteiger partial charge in [0.2, 0.25) is 0 Å². The van der Waals surface area contributed by atoms with Gasteiger partial charge in [0.1, 0.15) is 0 Å². The molecular formula is C18H19BrN2O4. The largest absolute Gasteiger partial charge is 0.454 e. The Bertz CT molecular complexity index is 812. The predicted octanol–water partition coefficient (Wildman–Crippen LogP) is 4.65. The molecule has 0 bridgehead atoms. The van der Waals surface area contributed by atoms with Crippen molar-refractivity contribution in [2.45, 2.75) is 33.8 Å². The van der Waals surface area contributed by atoms with Crippen LogP contribution in [0, 0.1) is 13.8 Å². The van der Waals surface area contributed by atoms with E-state index in [1.807, 2.05) is 26.8 Å². The molecule has 25 heavy (non-hydrogen) atoms. The Labute approximate surface area is 154 Å². The predicted molar refractivity (Wildman–Crippen MR) is 95.1 cm³/mol. The first-order valence-electron chi connectivity index (χ1n) is 7.76. The second-order valence-corrected chi connectivity index (χ2v) is 6.03. The van der Waals surface area contributed by atoms with Crippen LogP contribution in [-0.4, -0.2) is 16.3 Å². The Hall–Kier alpha value is -2.41. The van der Waals surface area contributed by atoms with Crippen LogP contribution in [0.25, 0.3) is 0 Å². The lowest BCUT2D eigenvalue weighted by atomic mass is 10.2. The van der Waals surface area contributed by atoms with Gasteiger partial charge < -0.3 is 13.8 Å². The number of ether oxygens (including phenoxy) is 1. The SMILES string of the molecule is CCc1onc(C)c1Br.Cc1cc(COC(=O)c2ccccc2)on1. The molecule has 0 unspecified atom stereocenters. The van der Waals surface area contributed by atoms with Crippen molar-refractivity contribution in [1.29, 1.82) is 0 Å². The van der Waals surface area contributed by atoms with Crippen LogP contribution in [0.3, 0.4) is 0 Å². The number of hydrogen-bond donors (Lipinski definition) is 0. The molecule has 2 aromatic heterocycles. The zero-order valence-corrected chi connectivity index (χ0v) is 15.9. The molecule has 2 heterocycles. The summed E-state index contributed by atoms with van der Waals surface area (Å²) in [5.41, 5.74) is 2.22. The lowest BCUT2D eigenvalue weighted by Gasteiger charge is -2.01. The zero-order valence-electron chi connectivity index (χ0n) is 14.3. The van der Waals surface area contributed by atoms with E-state index < -0.39 is 0 Å². The fourth-order valence-electron chi connectivity index (χ4n) is 1.90. The summed E-state index contributed by atoms with van der Waals surface area (Å²) in [6.45, 7) is 5.86. The van der Waals surface area contributed by atoms with Gasteiger partial charge in [0.25, 0.3) is 0 Å². The molecule has 1 aromatic carbocycles. The smallest absolute Gasteiger partial charge is 0.338 e. The standard InChI is InChI=1S/C12H11NO3.C6H8BrNO/c1-9-7-11(16-13-9)8-15-12(14)10-5-3-2-4-6-10;1-3-5-6(7)4(2)8-9-5/h2-7H,8H2,1H3;3H2,1-2H3. The second kappa shape index (κ2) is 9.17. The first kappa shape index (κ1) is 18.9. The van der Waals surface area contributed by atoms with Gasteiger partial charge in [-0.1, -0.05) is 35.4 Å². The van der Waals surface area contributed by atoms with Crippen molar-refractivity contribution in [3.05, 3.63) is 69.3 Å². The minimum atomic E-state index is -0.366. The highest BCUT2D eigenvalue weighted by Crippen LogP contribution is 2.20. The van der Waals surface area contributed by atoms with Gasteiger partial charge >= 0.3 is 5.97 Å². The molecule has 0 saturated carbocycles. The zero-order chi connectivity index (χ0) is 18.2. The molecule has 0 amide bonds. The number of aromatic nitrogens is 2. The minimum Gasteiger partial charge on any atom is -0.454 e. The summed E-state index contributed by atoms with van der Waals surface area (Å²) in [6.07, 6.45) is 0.890. The third kappa shape index (κ3) is 5.56. The van der Waals surface area contributed by atoms with E-state index in [1.54, 1.807) is 30.3 Å². The van der Waals surface area contributed by atoms with Crippen molar-refractivity contribution in [3.63, 3.8) is 0 Å². The van der Waals surface area contributed by atoms with E-state index in [0.29, 0.717) is 11.3 Å². The molecule has 3 rings (SSSR count). The Morgan fingerprint density at radius 1 is 1.16 bits per heavy atom. The summed E-state index contributed by atoms with van der Waals surface area (Å²) in [7, 11) is 0. The van der Waals surface area contributed by atoms with Gasteiger partial charge in [0, 0.05) is 12.5 Å². The maximum absolute atomic E-state index is 11.5. The molecule has 0 radical (unpaired) electrons. The molecular weight excluding hydrogens is 388 g/mol. The maximum Gasteiger partial charge on any atom is 0.338 e. The summed E-state index contributed by atoms with van der Waals surface area (Å²) in [4.78, 5) is 11.5. The summed E-state index contributed by atoms with van der Waals surface area (Å²) in [5, 5.41) is 7.47. The van der Waals surface area contributed by atoms with Gasteiger partial charge in [-0.3, -0.25) is 0 Å². The third-order valence-electron chi connectivity index (χ3n) is 3.21. The Morgan fingerprint density at radius 3 is 2.36 bits per heavy atom. The summed E-state index contributed by atoms with van der Waals surface area (Å²) in [6, 6.07) is 10.6. The van der Waals surface area contributed by atoms with Crippen molar-refractivity contribution >= 4 is 21.9 Å². The Kier molecular flexibility index (Phi) is 6.94. The number of halogens is 1. The molecule has 0 aliphatic carbocycles. The third-order valence-corrected chi connectivity index (χ3v) is 4.22. The van der Waals surface area contributed by atoms with Crippen LogP contribution in [0.1, 0.15) is 40.2 Å². The van der Waals surface area contributed by atoms with Crippen molar-refractivity contribution in [1.82, 2.24) is 10.3 Å². The normalized spacial score (nSPS) is 10.1. The van der Waals surface area contributed by atoms with Gasteiger partial charge in [0.15, 0.2) is 18.1 Å². The molecule has 7 heteroatoms. The molecule has 0 aliphatic rings. The number of hydrogen-bond acceptors (Lipinski definition) is 6. The van der Waals surface area contributed by atoms with E-state index in [2.05, 4.69) is 26.2 Å². The van der Waals surface area contributed by atoms with Crippen LogP contribution < -0.4 is 0 Å². The monoisotopic (exact) mass is 406 g/mol. The van der Waals surface area contributed by atoms with Gasteiger partial charge in [-0.05, 0) is 41.9 Å². The number of carbonyl (C=O) groups excluding carboxylic acids is 1. The highest BCUT2D eigenvalue weighted by molar-refractivity contribution is 9.10. The number of aryl methyl sites for hydroxylation is 3. The average molecular weight is 407 g/mol. The number of benzene rings is 1. The summed E-state index contributed by atoms with van der Waals surface area (Å²) in [5.74, 6) is 1.10. The first-order valence-corrected chi connectivity index (χ1v) is 8.55. The molecule has 0 fully saturated rings. The highest BCUT2D eigenvalue weighted by atomic mass is 79.9. The Balaban J connectivity index is 0.000000212. The highest BCUT2D eigenvalue weighted by Gasteiger charge is 2.08. The summed E-state index contributed by atoms with van der Waals surface area (Å²) < 4.78 is 15.9. The number of rotatable bonds is 4. The topological polar surface area (TPSA) is 78.4 Å². The molecule has 0 spiro atoms. The summed E-state index contributed by atoms with van der Waals surface area (Å²) >= 11 is 3.35. The minimum absolute atomic E-state index is 0.106. The molecule has 0 N–H and O–H groups in total. The first-order chi connectivity index (χ1) is 12.0. The lowest BCUT2D eigenvalue weighted by molar-refractivity contribution is 0.0437. The number of carbonyl (C=O) groups is 1. The molecule has 132 valence electrons. The van der Waals surface area contributed by atoms with E-state index in [9.17, 15) is 4.79 Å². The van der Waals surface area contributed by atoms with E-state index in [-0.39, 0.29) is 12.6 Å². The van der Waals surface area contributed by atoms with Crippen LogP contribution in [0.4, 0.5) is 0 Å². The molecule has 0 saturated heterocycles.